The molecule has 0 unspecified atom stereocenters. The molecule has 0 amide bonds. The zero-order valence-electron chi connectivity index (χ0n) is 12.2. The number of piperazine rings is 1. The number of likely N-dealkylation sites (N-methyl/N-ethyl adjacent to an activating group) is 1. The molecule has 5 nitrogen and oxygen atoms in total. The first-order chi connectivity index (χ1) is 9.92. The summed E-state index contributed by atoms with van der Waals surface area (Å²) >= 11 is 4.93. The van der Waals surface area contributed by atoms with Crippen LogP contribution in [0, 0.1) is 0 Å². The lowest BCUT2D eigenvalue weighted by Crippen LogP contribution is -2.48. The van der Waals surface area contributed by atoms with Crippen molar-refractivity contribution in [3.63, 3.8) is 0 Å². The summed E-state index contributed by atoms with van der Waals surface area (Å²) in [6.07, 6.45) is 0. The van der Waals surface area contributed by atoms with Gasteiger partial charge < -0.3 is 10.6 Å². The second-order valence-corrected chi connectivity index (χ2v) is 7.56. The highest BCUT2D eigenvalue weighted by Gasteiger charge is 2.26. The number of benzene rings is 1. The van der Waals surface area contributed by atoms with Crippen molar-refractivity contribution in [2.75, 3.05) is 32.7 Å². The van der Waals surface area contributed by atoms with E-state index in [0.29, 0.717) is 18.7 Å². The van der Waals surface area contributed by atoms with Crippen molar-refractivity contribution in [3.05, 3.63) is 35.4 Å². The van der Waals surface area contributed by atoms with Gasteiger partial charge in [0.05, 0.1) is 5.75 Å². The molecule has 1 aromatic carbocycles. The van der Waals surface area contributed by atoms with Crippen LogP contribution in [-0.2, 0) is 15.8 Å². The fourth-order valence-electron chi connectivity index (χ4n) is 2.44. The molecule has 0 aliphatic carbocycles. The van der Waals surface area contributed by atoms with Crippen LogP contribution >= 0.6 is 12.2 Å². The number of hydrogen-bond acceptors (Lipinski definition) is 4. The first kappa shape index (κ1) is 16.4. The normalized spacial score (nSPS) is 17.8. The lowest BCUT2D eigenvalue weighted by Gasteiger charge is -2.33. The van der Waals surface area contributed by atoms with Gasteiger partial charge in [0, 0.05) is 31.7 Å². The Bertz CT molecular complexity index is 608. The van der Waals surface area contributed by atoms with Crippen LogP contribution in [0.2, 0.25) is 0 Å². The van der Waals surface area contributed by atoms with Gasteiger partial charge in [0.2, 0.25) is 10.0 Å². The van der Waals surface area contributed by atoms with Crippen molar-refractivity contribution >= 4 is 27.2 Å². The Morgan fingerprint density at radius 3 is 2.52 bits per heavy atom. The van der Waals surface area contributed by atoms with Crippen LogP contribution in [0.5, 0.6) is 0 Å². The predicted molar refractivity (Wildman–Crippen MR) is 88.6 cm³/mol. The van der Waals surface area contributed by atoms with Gasteiger partial charge in [0.1, 0.15) is 4.99 Å². The third-order valence-electron chi connectivity index (χ3n) is 3.73. The predicted octanol–water partition coefficient (Wildman–Crippen LogP) is 0.788. The van der Waals surface area contributed by atoms with E-state index in [1.54, 1.807) is 28.6 Å². The highest BCUT2D eigenvalue weighted by Crippen LogP contribution is 2.15. The smallest absolute Gasteiger partial charge is 0.218 e. The Morgan fingerprint density at radius 1 is 1.29 bits per heavy atom. The second kappa shape index (κ2) is 6.83. The molecule has 1 heterocycles. The van der Waals surface area contributed by atoms with Gasteiger partial charge >= 0.3 is 0 Å². The van der Waals surface area contributed by atoms with Crippen molar-refractivity contribution < 1.29 is 8.42 Å². The second-order valence-electron chi connectivity index (χ2n) is 5.15. The van der Waals surface area contributed by atoms with Gasteiger partial charge in [-0.15, -0.1) is 0 Å². The fraction of sp³-hybridized carbons (Fsp3) is 0.500. The molecule has 0 spiro atoms. The van der Waals surface area contributed by atoms with E-state index in [4.69, 9.17) is 18.0 Å². The fourth-order valence-corrected chi connectivity index (χ4v) is 4.07. The highest BCUT2D eigenvalue weighted by atomic mass is 32.2. The first-order valence-electron chi connectivity index (χ1n) is 7.01. The summed E-state index contributed by atoms with van der Waals surface area (Å²) in [6.45, 7) is 5.76. The SMILES string of the molecule is CCN1CCN(S(=O)(=O)Cc2cccc(C(N)=S)c2)CC1. The van der Waals surface area contributed by atoms with E-state index in [1.165, 1.54) is 0 Å². The third kappa shape index (κ3) is 4.23. The first-order valence-corrected chi connectivity index (χ1v) is 9.03. The Morgan fingerprint density at radius 2 is 1.95 bits per heavy atom. The molecule has 0 atom stereocenters. The van der Waals surface area contributed by atoms with Crippen molar-refractivity contribution in [1.29, 1.82) is 0 Å². The van der Waals surface area contributed by atoms with Gasteiger partial charge in [-0.3, -0.25) is 0 Å². The summed E-state index contributed by atoms with van der Waals surface area (Å²) in [7, 11) is -3.29. The monoisotopic (exact) mass is 327 g/mol. The van der Waals surface area contributed by atoms with E-state index in [2.05, 4.69) is 11.8 Å². The molecule has 1 aliphatic heterocycles. The van der Waals surface area contributed by atoms with Gasteiger partial charge in [-0.05, 0) is 18.2 Å². The van der Waals surface area contributed by atoms with Crippen LogP contribution in [0.25, 0.3) is 0 Å². The number of thiocarbonyl (C=S) groups is 1. The molecule has 21 heavy (non-hydrogen) atoms. The van der Waals surface area contributed by atoms with E-state index >= 15 is 0 Å². The Labute approximate surface area is 131 Å². The summed E-state index contributed by atoms with van der Waals surface area (Å²) in [6, 6.07) is 7.12. The molecular formula is C14H21N3O2S2. The van der Waals surface area contributed by atoms with Crippen LogP contribution in [0.15, 0.2) is 24.3 Å². The van der Waals surface area contributed by atoms with Crippen LogP contribution in [0.4, 0.5) is 0 Å². The van der Waals surface area contributed by atoms with Crippen LogP contribution < -0.4 is 5.73 Å². The molecule has 0 saturated carbocycles. The van der Waals surface area contributed by atoms with Gasteiger partial charge in [-0.25, -0.2) is 8.42 Å². The summed E-state index contributed by atoms with van der Waals surface area (Å²) in [5, 5.41) is 0. The van der Waals surface area contributed by atoms with Crippen LogP contribution in [0.1, 0.15) is 18.1 Å². The number of hydrogen-bond donors (Lipinski definition) is 1. The maximum Gasteiger partial charge on any atom is 0.218 e. The minimum Gasteiger partial charge on any atom is -0.389 e. The van der Waals surface area contributed by atoms with Gasteiger partial charge in [-0.1, -0.05) is 37.3 Å². The van der Waals surface area contributed by atoms with E-state index in [-0.39, 0.29) is 10.7 Å². The van der Waals surface area contributed by atoms with E-state index in [9.17, 15) is 8.42 Å². The average molecular weight is 327 g/mol. The van der Waals surface area contributed by atoms with E-state index < -0.39 is 10.0 Å². The van der Waals surface area contributed by atoms with Crippen molar-refractivity contribution in [1.82, 2.24) is 9.21 Å². The maximum absolute atomic E-state index is 12.5. The molecule has 7 heteroatoms. The van der Waals surface area contributed by atoms with Crippen LogP contribution in [-0.4, -0.2) is 55.3 Å². The summed E-state index contributed by atoms with van der Waals surface area (Å²) in [4.78, 5) is 2.53. The average Bonchev–Trinajstić information content (AvgIpc) is 2.47. The number of nitrogens with two attached hydrogens (primary N) is 1. The molecule has 1 aromatic rings. The van der Waals surface area contributed by atoms with Crippen molar-refractivity contribution in [3.8, 4) is 0 Å². The molecule has 1 fully saturated rings. The van der Waals surface area contributed by atoms with Crippen LogP contribution in [0.3, 0.4) is 0 Å². The number of rotatable bonds is 5. The molecule has 0 bridgehead atoms. The largest absolute Gasteiger partial charge is 0.389 e. The maximum atomic E-state index is 12.5. The van der Waals surface area contributed by atoms with E-state index in [0.717, 1.165) is 25.2 Å². The molecule has 0 radical (unpaired) electrons. The minimum absolute atomic E-state index is 0.00439. The molecule has 0 aromatic heterocycles. The highest BCUT2D eigenvalue weighted by molar-refractivity contribution is 7.88. The molecular weight excluding hydrogens is 306 g/mol. The quantitative estimate of drug-likeness (QED) is 0.810. The lowest BCUT2D eigenvalue weighted by atomic mass is 10.1. The van der Waals surface area contributed by atoms with E-state index in [1.807, 2.05) is 0 Å². The Kier molecular flexibility index (Phi) is 5.32. The Balaban J connectivity index is 2.07. The Hall–Kier alpha value is -1.02. The van der Waals surface area contributed by atoms with Crippen molar-refractivity contribution in [2.45, 2.75) is 12.7 Å². The standard InChI is InChI=1S/C14H21N3O2S2/c1-2-16-6-8-17(9-7-16)21(18,19)11-12-4-3-5-13(10-12)14(15)20/h3-5,10H,2,6-9,11H2,1H3,(H2,15,20). The minimum atomic E-state index is -3.29. The van der Waals surface area contributed by atoms with Crippen molar-refractivity contribution in [2.24, 2.45) is 5.73 Å². The molecule has 1 saturated heterocycles. The third-order valence-corrected chi connectivity index (χ3v) is 5.82. The molecule has 2 N–H and O–H groups in total. The zero-order valence-corrected chi connectivity index (χ0v) is 13.8. The molecule has 1 aliphatic rings. The topological polar surface area (TPSA) is 66.6 Å². The molecule has 2 rings (SSSR count). The lowest BCUT2D eigenvalue weighted by molar-refractivity contribution is 0.196. The number of sulfonamides is 1. The summed E-state index contributed by atoms with van der Waals surface area (Å²) < 4.78 is 26.5. The zero-order chi connectivity index (χ0) is 15.5. The van der Waals surface area contributed by atoms with Gasteiger partial charge in [0.15, 0.2) is 0 Å². The van der Waals surface area contributed by atoms with Gasteiger partial charge in [0.25, 0.3) is 0 Å². The summed E-state index contributed by atoms with van der Waals surface area (Å²) in [5.41, 5.74) is 7.01. The number of nitrogens with zero attached hydrogens (tertiary/aromatic N) is 2. The molecule has 116 valence electrons. The van der Waals surface area contributed by atoms with Gasteiger partial charge in [-0.2, -0.15) is 4.31 Å². The summed E-state index contributed by atoms with van der Waals surface area (Å²) in [5.74, 6) is -0.00439.